The SMILES string of the molecule is CCCS(=O)(=O)NC(C)C(=O)N[C@H](CO)c1ccccc1. The molecule has 1 unspecified atom stereocenters. The molecule has 0 aliphatic heterocycles. The molecule has 0 heterocycles. The van der Waals surface area contributed by atoms with Crippen molar-refractivity contribution in [1.82, 2.24) is 10.0 Å². The first-order valence-electron chi connectivity index (χ1n) is 6.85. The van der Waals surface area contributed by atoms with Gasteiger partial charge in [0.1, 0.15) is 0 Å². The topological polar surface area (TPSA) is 95.5 Å². The quantitative estimate of drug-likeness (QED) is 0.653. The lowest BCUT2D eigenvalue weighted by Crippen LogP contribution is -2.46. The summed E-state index contributed by atoms with van der Waals surface area (Å²) in [5, 5.41) is 12.0. The molecule has 7 heteroatoms. The highest BCUT2D eigenvalue weighted by Crippen LogP contribution is 2.11. The van der Waals surface area contributed by atoms with Crippen molar-refractivity contribution in [2.75, 3.05) is 12.4 Å². The van der Waals surface area contributed by atoms with E-state index in [1.807, 2.05) is 6.07 Å². The maximum Gasteiger partial charge on any atom is 0.238 e. The molecule has 21 heavy (non-hydrogen) atoms. The minimum atomic E-state index is -3.46. The van der Waals surface area contributed by atoms with E-state index in [0.29, 0.717) is 6.42 Å². The molecule has 0 bridgehead atoms. The normalized spacial score (nSPS) is 14.4. The Hall–Kier alpha value is -1.44. The largest absolute Gasteiger partial charge is 0.394 e. The zero-order valence-electron chi connectivity index (χ0n) is 12.2. The van der Waals surface area contributed by atoms with E-state index in [2.05, 4.69) is 10.0 Å². The number of rotatable bonds is 8. The van der Waals surface area contributed by atoms with Gasteiger partial charge < -0.3 is 10.4 Å². The van der Waals surface area contributed by atoms with Crippen LogP contribution in [0.4, 0.5) is 0 Å². The van der Waals surface area contributed by atoms with E-state index in [4.69, 9.17) is 0 Å². The van der Waals surface area contributed by atoms with Crippen LogP contribution < -0.4 is 10.0 Å². The monoisotopic (exact) mass is 314 g/mol. The van der Waals surface area contributed by atoms with Crippen LogP contribution in [-0.2, 0) is 14.8 Å². The fraction of sp³-hybridized carbons (Fsp3) is 0.500. The van der Waals surface area contributed by atoms with Gasteiger partial charge in [0, 0.05) is 0 Å². The number of carbonyl (C=O) groups is 1. The summed E-state index contributed by atoms with van der Waals surface area (Å²) in [6, 6.07) is 7.56. The summed E-state index contributed by atoms with van der Waals surface area (Å²) >= 11 is 0. The van der Waals surface area contributed by atoms with Crippen molar-refractivity contribution in [3.05, 3.63) is 35.9 Å². The predicted molar refractivity (Wildman–Crippen MR) is 81.1 cm³/mol. The molecule has 1 amide bonds. The fourth-order valence-electron chi connectivity index (χ4n) is 1.87. The Balaban J connectivity index is 2.66. The van der Waals surface area contributed by atoms with Gasteiger partial charge in [-0.3, -0.25) is 4.79 Å². The molecule has 0 aliphatic carbocycles. The van der Waals surface area contributed by atoms with Crippen molar-refractivity contribution in [1.29, 1.82) is 0 Å². The van der Waals surface area contributed by atoms with Gasteiger partial charge in [0.2, 0.25) is 15.9 Å². The van der Waals surface area contributed by atoms with E-state index in [1.54, 1.807) is 31.2 Å². The second-order valence-electron chi connectivity index (χ2n) is 4.81. The molecule has 0 saturated heterocycles. The van der Waals surface area contributed by atoms with Crippen LogP contribution in [0.1, 0.15) is 31.9 Å². The van der Waals surface area contributed by atoms with E-state index in [-0.39, 0.29) is 12.4 Å². The molecule has 118 valence electrons. The molecule has 0 spiro atoms. The Morgan fingerprint density at radius 1 is 1.29 bits per heavy atom. The van der Waals surface area contributed by atoms with Crippen molar-refractivity contribution in [2.45, 2.75) is 32.4 Å². The zero-order chi connectivity index (χ0) is 15.9. The van der Waals surface area contributed by atoms with Crippen molar-refractivity contribution in [3.8, 4) is 0 Å². The first kappa shape index (κ1) is 17.6. The summed E-state index contributed by atoms with van der Waals surface area (Å²) in [5.41, 5.74) is 0.761. The van der Waals surface area contributed by atoms with Crippen LogP contribution in [-0.4, -0.2) is 37.8 Å². The lowest BCUT2D eigenvalue weighted by molar-refractivity contribution is -0.123. The summed E-state index contributed by atoms with van der Waals surface area (Å²) < 4.78 is 25.6. The summed E-state index contributed by atoms with van der Waals surface area (Å²) in [6.45, 7) is 2.97. The van der Waals surface area contributed by atoms with Crippen molar-refractivity contribution in [3.63, 3.8) is 0 Å². The first-order valence-corrected chi connectivity index (χ1v) is 8.51. The van der Waals surface area contributed by atoms with E-state index in [9.17, 15) is 18.3 Å². The van der Waals surface area contributed by atoms with Gasteiger partial charge in [-0.05, 0) is 18.9 Å². The Morgan fingerprint density at radius 2 is 1.90 bits per heavy atom. The van der Waals surface area contributed by atoms with Gasteiger partial charge in [0.15, 0.2) is 0 Å². The molecule has 0 fully saturated rings. The maximum absolute atomic E-state index is 12.0. The van der Waals surface area contributed by atoms with E-state index in [0.717, 1.165) is 5.56 Å². The molecule has 3 N–H and O–H groups in total. The second kappa shape index (κ2) is 8.11. The average Bonchev–Trinajstić information content (AvgIpc) is 2.44. The molecular weight excluding hydrogens is 292 g/mol. The molecule has 1 aromatic rings. The van der Waals surface area contributed by atoms with Crippen LogP contribution in [0.5, 0.6) is 0 Å². The smallest absolute Gasteiger partial charge is 0.238 e. The molecule has 0 aliphatic rings. The number of hydrogen-bond acceptors (Lipinski definition) is 4. The zero-order valence-corrected chi connectivity index (χ0v) is 13.1. The van der Waals surface area contributed by atoms with Gasteiger partial charge in [-0.25, -0.2) is 13.1 Å². The highest BCUT2D eigenvalue weighted by atomic mass is 32.2. The van der Waals surface area contributed by atoms with Crippen LogP contribution in [0.3, 0.4) is 0 Å². The molecule has 0 aromatic heterocycles. The molecule has 1 aromatic carbocycles. The van der Waals surface area contributed by atoms with E-state index in [1.165, 1.54) is 6.92 Å². The number of aliphatic hydroxyl groups is 1. The van der Waals surface area contributed by atoms with Crippen molar-refractivity contribution >= 4 is 15.9 Å². The van der Waals surface area contributed by atoms with Crippen LogP contribution in [0.25, 0.3) is 0 Å². The van der Waals surface area contributed by atoms with Crippen molar-refractivity contribution in [2.24, 2.45) is 0 Å². The molecule has 1 rings (SSSR count). The first-order chi connectivity index (χ1) is 9.89. The lowest BCUT2D eigenvalue weighted by Gasteiger charge is -2.20. The summed E-state index contributed by atoms with van der Waals surface area (Å²) in [6.07, 6.45) is 0.479. The van der Waals surface area contributed by atoms with Gasteiger partial charge in [0.25, 0.3) is 0 Å². The summed E-state index contributed by atoms with van der Waals surface area (Å²) in [7, 11) is -3.46. The number of aliphatic hydroxyl groups excluding tert-OH is 1. The molecule has 0 radical (unpaired) electrons. The Labute approximate surface area is 125 Å². The van der Waals surface area contributed by atoms with Gasteiger partial charge in [0.05, 0.1) is 24.4 Å². The standard InChI is InChI=1S/C14H22N2O4S/c1-3-9-21(19,20)16-11(2)14(18)15-13(10-17)12-7-5-4-6-8-12/h4-8,11,13,16-17H,3,9-10H2,1-2H3,(H,15,18)/t11?,13-/m1/s1. The van der Waals surface area contributed by atoms with Gasteiger partial charge in [-0.2, -0.15) is 0 Å². The van der Waals surface area contributed by atoms with Crippen LogP contribution in [0.2, 0.25) is 0 Å². The third-order valence-corrected chi connectivity index (χ3v) is 4.58. The lowest BCUT2D eigenvalue weighted by atomic mass is 10.1. The number of carbonyl (C=O) groups excluding carboxylic acids is 1. The minimum Gasteiger partial charge on any atom is -0.394 e. The van der Waals surface area contributed by atoms with Gasteiger partial charge >= 0.3 is 0 Å². The fourth-order valence-corrected chi connectivity index (χ4v) is 3.17. The molecule has 2 atom stereocenters. The molecule has 6 nitrogen and oxygen atoms in total. The maximum atomic E-state index is 12.0. The third-order valence-electron chi connectivity index (χ3n) is 2.92. The number of nitrogens with one attached hydrogen (secondary N) is 2. The third kappa shape index (κ3) is 5.82. The highest BCUT2D eigenvalue weighted by molar-refractivity contribution is 7.89. The number of benzene rings is 1. The van der Waals surface area contributed by atoms with E-state index >= 15 is 0 Å². The Bertz CT molecular complexity index is 545. The van der Waals surface area contributed by atoms with E-state index < -0.39 is 28.0 Å². The van der Waals surface area contributed by atoms with Crippen LogP contribution in [0.15, 0.2) is 30.3 Å². The summed E-state index contributed by atoms with van der Waals surface area (Å²) in [5.74, 6) is -0.496. The second-order valence-corrected chi connectivity index (χ2v) is 6.69. The van der Waals surface area contributed by atoms with Gasteiger partial charge in [-0.15, -0.1) is 0 Å². The molecule has 0 saturated carbocycles. The minimum absolute atomic E-state index is 0.0211. The predicted octanol–water partition coefficient (Wildman–Crippen LogP) is 0.554. The molecular formula is C14H22N2O4S. The number of sulfonamides is 1. The Kier molecular flexibility index (Phi) is 6.80. The van der Waals surface area contributed by atoms with Crippen molar-refractivity contribution < 1.29 is 18.3 Å². The highest BCUT2D eigenvalue weighted by Gasteiger charge is 2.22. The van der Waals surface area contributed by atoms with Gasteiger partial charge in [-0.1, -0.05) is 37.3 Å². The summed E-state index contributed by atoms with van der Waals surface area (Å²) in [4.78, 5) is 12.0. The van der Waals surface area contributed by atoms with Crippen LogP contribution in [0, 0.1) is 0 Å². The number of hydrogen-bond donors (Lipinski definition) is 3. The average molecular weight is 314 g/mol. The number of amides is 1. The van der Waals surface area contributed by atoms with Crippen LogP contribution >= 0.6 is 0 Å². The Morgan fingerprint density at radius 3 is 2.43 bits per heavy atom.